The van der Waals surface area contributed by atoms with E-state index in [0.29, 0.717) is 6.04 Å². The fraction of sp³-hybridized carbons (Fsp3) is 0.714. The highest BCUT2D eigenvalue weighted by atomic mass is 127. The summed E-state index contributed by atoms with van der Waals surface area (Å²) in [6.45, 7) is 16.0. The predicted molar refractivity (Wildman–Crippen MR) is 147 cm³/mol. The molecule has 27 heavy (non-hydrogen) atoms. The first-order valence-electron chi connectivity index (χ1n) is 9.62. The van der Waals surface area contributed by atoms with Crippen LogP contribution in [-0.4, -0.2) is 46.6 Å². The molecule has 0 aliphatic heterocycles. The number of nitrogens with one attached hydrogen (secondary N) is 1. The van der Waals surface area contributed by atoms with Crippen LogP contribution in [0.15, 0.2) is 30.3 Å². The first kappa shape index (κ1) is 26.2. The van der Waals surface area contributed by atoms with Crippen molar-refractivity contribution in [2.75, 3.05) is 25.5 Å². The van der Waals surface area contributed by atoms with Gasteiger partial charge >= 0.3 is 0 Å². The van der Waals surface area contributed by atoms with Crippen molar-refractivity contribution in [3.8, 4) is 0 Å². The summed E-state index contributed by atoms with van der Waals surface area (Å²) in [6.07, 6.45) is 2.24. The molecule has 0 saturated carbocycles. The molecule has 156 valence electrons. The molecule has 1 aromatic rings. The van der Waals surface area contributed by atoms with Crippen LogP contribution < -0.4 is 5.32 Å². The standard InChI is InChI=1S/C21H36I3N3/c1-17(2)27(21(6,24)14-15-26(7)19(3,4)22)16-13-20(5,23)25-18-11-9-8-10-12-18/h8-12,17,25H,13-16H2,1-7H3. The molecular formula is C21H36I3N3. The molecule has 0 spiro atoms. The average molecular weight is 711 g/mol. The highest BCUT2D eigenvalue weighted by molar-refractivity contribution is 14.1. The van der Waals surface area contributed by atoms with E-state index in [-0.39, 0.29) is 10.6 Å². The van der Waals surface area contributed by atoms with Crippen molar-refractivity contribution in [2.45, 2.75) is 71.1 Å². The molecule has 0 saturated heterocycles. The van der Waals surface area contributed by atoms with Crippen LogP contribution >= 0.6 is 67.8 Å². The topological polar surface area (TPSA) is 18.5 Å². The normalized spacial score (nSPS) is 17.2. The Bertz CT molecular complexity index is 554. The largest absolute Gasteiger partial charge is 0.371 e. The quantitative estimate of drug-likeness (QED) is 0.152. The van der Waals surface area contributed by atoms with E-state index >= 15 is 0 Å². The second-order valence-electron chi connectivity index (χ2n) is 8.45. The van der Waals surface area contributed by atoms with E-state index in [1.54, 1.807) is 0 Å². The van der Waals surface area contributed by atoms with E-state index in [4.69, 9.17) is 0 Å². The Labute approximate surface area is 208 Å². The smallest absolute Gasteiger partial charge is 0.0874 e. The summed E-state index contributed by atoms with van der Waals surface area (Å²) >= 11 is 7.74. The van der Waals surface area contributed by atoms with Crippen LogP contribution in [0.4, 0.5) is 5.69 Å². The third-order valence-electron chi connectivity index (χ3n) is 5.03. The number of para-hydroxylation sites is 1. The zero-order valence-corrected chi connectivity index (χ0v) is 24.3. The minimum Gasteiger partial charge on any atom is -0.371 e. The molecule has 0 radical (unpaired) electrons. The first-order valence-corrected chi connectivity index (χ1v) is 12.9. The van der Waals surface area contributed by atoms with E-state index in [1.807, 2.05) is 0 Å². The van der Waals surface area contributed by atoms with Crippen LogP contribution in [-0.2, 0) is 0 Å². The second-order valence-corrected chi connectivity index (χ2v) is 15.8. The number of rotatable bonds is 11. The molecular weight excluding hydrogens is 675 g/mol. The van der Waals surface area contributed by atoms with Gasteiger partial charge in [-0.05, 0) is 73.6 Å². The molecule has 6 heteroatoms. The Morgan fingerprint density at radius 1 is 0.926 bits per heavy atom. The van der Waals surface area contributed by atoms with Crippen LogP contribution in [0.25, 0.3) is 0 Å². The SMILES string of the molecule is CC(C)N(CCC(C)(I)Nc1ccccc1)C(C)(I)CCN(C)C(C)(C)I. The van der Waals surface area contributed by atoms with Crippen LogP contribution in [0.1, 0.15) is 54.4 Å². The summed E-state index contributed by atoms with van der Waals surface area (Å²) in [5.74, 6) is 0. The van der Waals surface area contributed by atoms with Gasteiger partial charge in [0, 0.05) is 24.8 Å². The summed E-state index contributed by atoms with van der Waals surface area (Å²) < 4.78 is 0.356. The molecule has 0 aliphatic rings. The van der Waals surface area contributed by atoms with Gasteiger partial charge in [-0.2, -0.15) is 0 Å². The molecule has 1 N–H and O–H groups in total. The number of anilines is 1. The predicted octanol–water partition coefficient (Wildman–Crippen LogP) is 6.99. The van der Waals surface area contributed by atoms with Crippen LogP contribution in [0, 0.1) is 0 Å². The van der Waals surface area contributed by atoms with Gasteiger partial charge in [0.25, 0.3) is 0 Å². The number of hydrogen-bond donors (Lipinski definition) is 1. The molecule has 2 unspecified atom stereocenters. The summed E-state index contributed by atoms with van der Waals surface area (Å²) in [6, 6.07) is 11.0. The molecule has 0 heterocycles. The number of benzene rings is 1. The van der Waals surface area contributed by atoms with E-state index in [1.165, 1.54) is 5.69 Å². The van der Waals surface area contributed by atoms with E-state index in [0.717, 1.165) is 25.9 Å². The maximum atomic E-state index is 3.68. The molecule has 1 rings (SSSR count). The fourth-order valence-electron chi connectivity index (χ4n) is 3.03. The summed E-state index contributed by atoms with van der Waals surface area (Å²) in [4.78, 5) is 5.10. The number of nitrogens with zero attached hydrogens (tertiary/aromatic N) is 2. The van der Waals surface area contributed by atoms with Crippen molar-refractivity contribution in [1.29, 1.82) is 0 Å². The summed E-state index contributed by atoms with van der Waals surface area (Å²) in [5.41, 5.74) is 1.19. The van der Waals surface area contributed by atoms with Crippen molar-refractivity contribution in [1.82, 2.24) is 9.80 Å². The molecule has 0 aromatic heterocycles. The van der Waals surface area contributed by atoms with Crippen LogP contribution in [0.3, 0.4) is 0 Å². The molecule has 1 aromatic carbocycles. The molecule has 0 fully saturated rings. The highest BCUT2D eigenvalue weighted by Gasteiger charge is 2.33. The summed E-state index contributed by atoms with van der Waals surface area (Å²) in [5, 5.41) is 3.68. The van der Waals surface area contributed by atoms with Crippen LogP contribution in [0.2, 0.25) is 0 Å². The van der Waals surface area contributed by atoms with Gasteiger partial charge in [-0.3, -0.25) is 9.80 Å². The van der Waals surface area contributed by atoms with E-state index in [2.05, 4.69) is 162 Å². The molecule has 3 nitrogen and oxygen atoms in total. The van der Waals surface area contributed by atoms with Crippen molar-refractivity contribution in [3.05, 3.63) is 30.3 Å². The Morgan fingerprint density at radius 3 is 1.96 bits per heavy atom. The Kier molecular flexibility index (Phi) is 10.6. The Balaban J connectivity index is 2.71. The maximum absolute atomic E-state index is 3.68. The lowest BCUT2D eigenvalue weighted by Gasteiger charge is -2.43. The van der Waals surface area contributed by atoms with Gasteiger partial charge in [-0.15, -0.1) is 0 Å². The van der Waals surface area contributed by atoms with E-state index in [9.17, 15) is 0 Å². The third kappa shape index (κ3) is 9.65. The van der Waals surface area contributed by atoms with Gasteiger partial charge in [0.05, 0.1) is 10.6 Å². The maximum Gasteiger partial charge on any atom is 0.0874 e. The lowest BCUT2D eigenvalue weighted by molar-refractivity contribution is 0.124. The van der Waals surface area contributed by atoms with E-state index < -0.39 is 0 Å². The van der Waals surface area contributed by atoms with Crippen molar-refractivity contribution >= 4 is 73.5 Å². The minimum absolute atomic E-state index is 0.0277. The second kappa shape index (κ2) is 10.9. The van der Waals surface area contributed by atoms with Crippen molar-refractivity contribution in [2.24, 2.45) is 0 Å². The lowest BCUT2D eigenvalue weighted by Crippen LogP contribution is -2.50. The lowest BCUT2D eigenvalue weighted by atomic mass is 10.1. The van der Waals surface area contributed by atoms with Gasteiger partial charge < -0.3 is 5.32 Å². The van der Waals surface area contributed by atoms with Crippen molar-refractivity contribution in [3.63, 3.8) is 0 Å². The monoisotopic (exact) mass is 711 g/mol. The molecule has 0 aliphatic carbocycles. The number of hydrogen-bond acceptors (Lipinski definition) is 3. The number of alkyl halides is 3. The third-order valence-corrected chi connectivity index (χ3v) is 7.83. The first-order chi connectivity index (χ1) is 12.2. The van der Waals surface area contributed by atoms with Gasteiger partial charge in [0.2, 0.25) is 0 Å². The van der Waals surface area contributed by atoms with Gasteiger partial charge in [-0.1, -0.05) is 86.0 Å². The highest BCUT2D eigenvalue weighted by Crippen LogP contribution is 2.34. The van der Waals surface area contributed by atoms with Crippen molar-refractivity contribution < 1.29 is 0 Å². The van der Waals surface area contributed by atoms with Gasteiger partial charge in [-0.25, -0.2) is 0 Å². The minimum atomic E-state index is 0.0277. The van der Waals surface area contributed by atoms with Gasteiger partial charge in [0.1, 0.15) is 0 Å². The summed E-state index contributed by atoms with van der Waals surface area (Å²) in [7, 11) is 2.23. The fourth-order valence-corrected chi connectivity index (χ4v) is 4.86. The zero-order valence-electron chi connectivity index (χ0n) is 17.8. The zero-order chi connectivity index (χ0) is 20.9. The van der Waals surface area contributed by atoms with Gasteiger partial charge in [0.15, 0.2) is 0 Å². The van der Waals surface area contributed by atoms with Crippen LogP contribution in [0.5, 0.6) is 0 Å². The molecule has 2 atom stereocenters. The number of halogens is 3. The Hall–Kier alpha value is 1.13. The average Bonchev–Trinajstić information content (AvgIpc) is 2.51. The molecule has 0 amide bonds. The molecule has 0 bridgehead atoms. The Morgan fingerprint density at radius 2 is 1.48 bits per heavy atom.